The molecule has 0 unspecified atom stereocenters. The van der Waals surface area contributed by atoms with E-state index >= 15 is 0 Å². The zero-order valence-electron chi connectivity index (χ0n) is 12.4. The Morgan fingerprint density at radius 3 is 2.12 bits per heavy atom. The van der Waals surface area contributed by atoms with Crippen molar-refractivity contribution < 1.29 is 9.59 Å². The summed E-state index contributed by atoms with van der Waals surface area (Å²) in [6.07, 6.45) is 0. The van der Waals surface area contributed by atoms with E-state index in [1.807, 2.05) is 6.92 Å². The number of carbonyl (C=O) groups is 2. The molecule has 24 heavy (non-hydrogen) atoms. The lowest BCUT2D eigenvalue weighted by atomic mass is 10.2. The summed E-state index contributed by atoms with van der Waals surface area (Å²) in [5.41, 5.74) is 1.90. The number of nitrogens with one attached hydrogen (secondary N) is 1. The van der Waals surface area contributed by atoms with Crippen LogP contribution in [0.25, 0.3) is 0 Å². The van der Waals surface area contributed by atoms with E-state index in [0.29, 0.717) is 21.4 Å². The van der Waals surface area contributed by atoms with E-state index in [0.717, 1.165) is 10.5 Å². The molecule has 2 amide bonds. The largest absolute Gasteiger partial charge is 0.349 e. The topological polar surface area (TPSA) is 49.4 Å². The second-order valence-electron chi connectivity index (χ2n) is 5.20. The first-order valence-corrected chi connectivity index (χ1v) is 8.09. The number of imide groups is 1. The molecule has 0 fully saturated rings. The number of benzene rings is 2. The third-order valence-electron chi connectivity index (χ3n) is 3.56. The van der Waals surface area contributed by atoms with Crippen LogP contribution in [0.5, 0.6) is 0 Å². The normalized spacial score (nSPS) is 14.6. The van der Waals surface area contributed by atoms with Crippen LogP contribution < -0.4 is 10.2 Å². The van der Waals surface area contributed by atoms with Gasteiger partial charge >= 0.3 is 0 Å². The predicted molar refractivity (Wildman–Crippen MR) is 96.6 cm³/mol. The smallest absolute Gasteiger partial charge is 0.283 e. The van der Waals surface area contributed by atoms with Crippen LogP contribution in [0.15, 0.2) is 53.2 Å². The Bertz CT molecular complexity index is 876. The van der Waals surface area contributed by atoms with Gasteiger partial charge in [-0.3, -0.25) is 9.59 Å². The SMILES string of the molecule is Cc1cc(Cl)ccc1NC1=C(Cl)C(=O)N(c2ccc(Cl)cc2)C1=O. The number of aryl methyl sites for hydroxylation is 1. The summed E-state index contributed by atoms with van der Waals surface area (Å²) >= 11 is 17.8. The molecule has 0 saturated heterocycles. The summed E-state index contributed by atoms with van der Waals surface area (Å²) in [7, 11) is 0. The molecule has 122 valence electrons. The second kappa shape index (κ2) is 6.48. The number of carbonyl (C=O) groups excluding carboxylic acids is 2. The summed E-state index contributed by atoms with van der Waals surface area (Å²) in [4.78, 5) is 26.0. The van der Waals surface area contributed by atoms with Gasteiger partial charge in [0.1, 0.15) is 10.7 Å². The Morgan fingerprint density at radius 1 is 0.875 bits per heavy atom. The maximum atomic E-state index is 12.6. The van der Waals surface area contributed by atoms with Crippen LogP contribution in [-0.4, -0.2) is 11.8 Å². The highest BCUT2D eigenvalue weighted by atomic mass is 35.5. The van der Waals surface area contributed by atoms with Crippen molar-refractivity contribution in [2.24, 2.45) is 0 Å². The number of hydrogen-bond acceptors (Lipinski definition) is 3. The van der Waals surface area contributed by atoms with Crippen molar-refractivity contribution in [1.82, 2.24) is 0 Å². The zero-order valence-corrected chi connectivity index (χ0v) is 14.7. The maximum absolute atomic E-state index is 12.6. The first kappa shape index (κ1) is 16.8. The minimum Gasteiger partial charge on any atom is -0.349 e. The van der Waals surface area contributed by atoms with Crippen LogP contribution in [0, 0.1) is 6.92 Å². The molecular weight excluding hydrogens is 371 g/mol. The van der Waals surface area contributed by atoms with Crippen molar-refractivity contribution in [2.45, 2.75) is 6.92 Å². The molecule has 0 atom stereocenters. The lowest BCUT2D eigenvalue weighted by molar-refractivity contribution is -0.120. The van der Waals surface area contributed by atoms with Crippen molar-refractivity contribution in [1.29, 1.82) is 0 Å². The van der Waals surface area contributed by atoms with Crippen LogP contribution in [0.2, 0.25) is 10.0 Å². The third kappa shape index (κ3) is 3.00. The van der Waals surface area contributed by atoms with Gasteiger partial charge in [0.25, 0.3) is 11.8 Å². The molecule has 1 aliphatic heterocycles. The van der Waals surface area contributed by atoms with Crippen molar-refractivity contribution in [3.8, 4) is 0 Å². The van der Waals surface area contributed by atoms with E-state index in [1.54, 1.807) is 42.5 Å². The van der Waals surface area contributed by atoms with Gasteiger partial charge in [0, 0.05) is 15.7 Å². The Morgan fingerprint density at radius 2 is 1.50 bits per heavy atom. The number of rotatable bonds is 3. The lowest BCUT2D eigenvalue weighted by Crippen LogP contribution is -2.32. The minimum absolute atomic E-state index is 0.0297. The van der Waals surface area contributed by atoms with E-state index in [9.17, 15) is 9.59 Å². The molecule has 0 bridgehead atoms. The number of nitrogens with zero attached hydrogens (tertiary/aromatic N) is 1. The third-order valence-corrected chi connectivity index (χ3v) is 4.40. The Balaban J connectivity index is 1.93. The highest BCUT2D eigenvalue weighted by Gasteiger charge is 2.39. The summed E-state index contributed by atoms with van der Waals surface area (Å²) in [6.45, 7) is 1.83. The summed E-state index contributed by atoms with van der Waals surface area (Å²) in [5, 5.41) is 3.85. The fourth-order valence-electron chi connectivity index (χ4n) is 2.34. The molecule has 0 aromatic heterocycles. The number of hydrogen-bond donors (Lipinski definition) is 1. The highest BCUT2D eigenvalue weighted by molar-refractivity contribution is 6.53. The van der Waals surface area contributed by atoms with Crippen molar-refractivity contribution in [3.05, 3.63) is 68.8 Å². The van der Waals surface area contributed by atoms with Gasteiger partial charge in [-0.25, -0.2) is 4.90 Å². The van der Waals surface area contributed by atoms with Gasteiger partial charge in [0.05, 0.1) is 5.69 Å². The molecule has 3 rings (SSSR count). The Labute approximate surface area is 153 Å². The lowest BCUT2D eigenvalue weighted by Gasteiger charge is -2.15. The van der Waals surface area contributed by atoms with Gasteiger partial charge in [0.15, 0.2) is 0 Å². The molecule has 1 heterocycles. The van der Waals surface area contributed by atoms with E-state index < -0.39 is 11.8 Å². The van der Waals surface area contributed by atoms with Gasteiger partial charge in [-0.15, -0.1) is 0 Å². The maximum Gasteiger partial charge on any atom is 0.283 e. The van der Waals surface area contributed by atoms with Crippen LogP contribution in [-0.2, 0) is 9.59 Å². The Kier molecular flexibility index (Phi) is 4.54. The van der Waals surface area contributed by atoms with E-state index in [4.69, 9.17) is 34.8 Å². The fraction of sp³-hybridized carbons (Fsp3) is 0.0588. The molecule has 2 aromatic rings. The number of anilines is 2. The van der Waals surface area contributed by atoms with Crippen LogP contribution >= 0.6 is 34.8 Å². The molecule has 0 spiro atoms. The van der Waals surface area contributed by atoms with E-state index in [1.165, 1.54) is 0 Å². The minimum atomic E-state index is -0.585. The Hall–Kier alpha value is -2.01. The molecule has 0 radical (unpaired) electrons. The first-order chi connectivity index (χ1) is 11.4. The average Bonchev–Trinajstić information content (AvgIpc) is 2.74. The van der Waals surface area contributed by atoms with Crippen LogP contribution in [0.3, 0.4) is 0 Å². The van der Waals surface area contributed by atoms with Crippen LogP contribution in [0.1, 0.15) is 5.56 Å². The standard InChI is InChI=1S/C17H11Cl3N2O2/c1-9-8-11(19)4-7-13(9)21-15-14(20)16(23)22(17(15)24)12-5-2-10(18)3-6-12/h2-8,21H,1H3. The number of amides is 2. The van der Waals surface area contributed by atoms with Crippen LogP contribution in [0.4, 0.5) is 11.4 Å². The van der Waals surface area contributed by atoms with Gasteiger partial charge in [0.2, 0.25) is 0 Å². The van der Waals surface area contributed by atoms with E-state index in [2.05, 4.69) is 5.32 Å². The van der Waals surface area contributed by atoms with Crippen molar-refractivity contribution >= 4 is 58.0 Å². The first-order valence-electron chi connectivity index (χ1n) is 6.96. The molecular formula is C17H11Cl3N2O2. The monoisotopic (exact) mass is 380 g/mol. The number of halogens is 3. The zero-order chi connectivity index (χ0) is 17.4. The molecule has 0 saturated carbocycles. The predicted octanol–water partition coefficient (Wildman–Crippen LogP) is 4.74. The van der Waals surface area contributed by atoms with Crippen molar-refractivity contribution in [3.63, 3.8) is 0 Å². The molecule has 4 nitrogen and oxygen atoms in total. The molecule has 7 heteroatoms. The molecule has 0 aliphatic carbocycles. The highest BCUT2D eigenvalue weighted by Crippen LogP contribution is 2.31. The van der Waals surface area contributed by atoms with Gasteiger partial charge < -0.3 is 5.32 Å². The molecule has 1 aliphatic rings. The van der Waals surface area contributed by atoms with Gasteiger partial charge in [-0.1, -0.05) is 34.8 Å². The van der Waals surface area contributed by atoms with Gasteiger partial charge in [-0.2, -0.15) is 0 Å². The summed E-state index contributed by atoms with van der Waals surface area (Å²) in [5.74, 6) is -1.11. The molecule has 1 N–H and O–H groups in total. The van der Waals surface area contributed by atoms with E-state index in [-0.39, 0.29) is 10.7 Å². The fourth-order valence-corrected chi connectivity index (χ4v) is 2.90. The van der Waals surface area contributed by atoms with Crippen molar-refractivity contribution in [2.75, 3.05) is 10.2 Å². The molecule has 2 aromatic carbocycles. The van der Waals surface area contributed by atoms with Gasteiger partial charge in [-0.05, 0) is 55.0 Å². The quantitative estimate of drug-likeness (QED) is 0.781. The summed E-state index contributed by atoms with van der Waals surface area (Å²) in [6, 6.07) is 11.5. The average molecular weight is 382 g/mol. The second-order valence-corrected chi connectivity index (χ2v) is 6.45. The summed E-state index contributed by atoms with van der Waals surface area (Å²) < 4.78 is 0.